The standard InChI is InChI=1S/C18H19NO4S/c1-23-12-7-5-6-11(10-12)16(20)19-17-15(18(21)22)13-8-3-2-4-9-14(13)24-17/h5-7,10H,2-4,8-9H2,1H3,(H,19,20)(H,21,22). The van der Waals surface area contributed by atoms with Gasteiger partial charge in [0, 0.05) is 10.4 Å². The van der Waals surface area contributed by atoms with Crippen molar-refractivity contribution in [1.29, 1.82) is 0 Å². The van der Waals surface area contributed by atoms with Crippen molar-refractivity contribution in [3.05, 3.63) is 45.8 Å². The van der Waals surface area contributed by atoms with Gasteiger partial charge in [-0.3, -0.25) is 4.79 Å². The summed E-state index contributed by atoms with van der Waals surface area (Å²) < 4.78 is 5.13. The molecule has 1 aromatic carbocycles. The summed E-state index contributed by atoms with van der Waals surface area (Å²) >= 11 is 1.39. The van der Waals surface area contributed by atoms with E-state index in [9.17, 15) is 14.7 Å². The summed E-state index contributed by atoms with van der Waals surface area (Å²) in [6, 6.07) is 6.80. The van der Waals surface area contributed by atoms with Gasteiger partial charge in [0.2, 0.25) is 0 Å². The molecule has 126 valence electrons. The van der Waals surface area contributed by atoms with Gasteiger partial charge >= 0.3 is 5.97 Å². The molecule has 1 aromatic heterocycles. The second-order valence-corrected chi connectivity index (χ2v) is 6.86. The molecule has 2 aromatic rings. The number of carboxylic acids is 1. The summed E-state index contributed by atoms with van der Waals surface area (Å²) in [5.74, 6) is -0.716. The highest BCUT2D eigenvalue weighted by Crippen LogP contribution is 2.37. The van der Waals surface area contributed by atoms with Crippen molar-refractivity contribution in [3.8, 4) is 5.75 Å². The lowest BCUT2D eigenvalue weighted by atomic mass is 10.1. The molecule has 0 spiro atoms. The number of benzene rings is 1. The van der Waals surface area contributed by atoms with E-state index in [2.05, 4.69) is 5.32 Å². The highest BCUT2D eigenvalue weighted by Gasteiger charge is 2.25. The molecule has 5 nitrogen and oxygen atoms in total. The largest absolute Gasteiger partial charge is 0.497 e. The number of hydrogen-bond acceptors (Lipinski definition) is 4. The molecule has 0 radical (unpaired) electrons. The molecular formula is C18H19NO4S. The van der Waals surface area contributed by atoms with E-state index >= 15 is 0 Å². The molecule has 0 aliphatic heterocycles. The minimum atomic E-state index is -0.977. The van der Waals surface area contributed by atoms with Crippen LogP contribution in [0, 0.1) is 0 Å². The Kier molecular flexibility index (Phi) is 4.85. The third-order valence-electron chi connectivity index (χ3n) is 4.19. The fourth-order valence-corrected chi connectivity index (χ4v) is 4.27. The van der Waals surface area contributed by atoms with Gasteiger partial charge in [0.1, 0.15) is 10.8 Å². The Labute approximate surface area is 144 Å². The van der Waals surface area contributed by atoms with Crippen molar-refractivity contribution in [2.24, 2.45) is 0 Å². The molecule has 1 aliphatic carbocycles. The average molecular weight is 345 g/mol. The SMILES string of the molecule is COc1cccc(C(=O)Nc2sc3c(c2C(=O)O)CCCCC3)c1. The topological polar surface area (TPSA) is 75.6 Å². The van der Waals surface area contributed by atoms with E-state index < -0.39 is 5.97 Å². The highest BCUT2D eigenvalue weighted by molar-refractivity contribution is 7.17. The van der Waals surface area contributed by atoms with Crippen LogP contribution in [0.2, 0.25) is 0 Å². The number of aryl methyl sites for hydroxylation is 1. The minimum Gasteiger partial charge on any atom is -0.497 e. The number of rotatable bonds is 4. The Hall–Kier alpha value is -2.34. The van der Waals surface area contributed by atoms with Gasteiger partial charge in [0.25, 0.3) is 5.91 Å². The smallest absolute Gasteiger partial charge is 0.339 e. The Morgan fingerprint density at radius 3 is 2.75 bits per heavy atom. The van der Waals surface area contributed by atoms with E-state index in [4.69, 9.17) is 4.74 Å². The molecule has 24 heavy (non-hydrogen) atoms. The molecule has 0 fully saturated rings. The molecule has 0 unspecified atom stereocenters. The van der Waals surface area contributed by atoms with E-state index in [-0.39, 0.29) is 11.5 Å². The van der Waals surface area contributed by atoms with Crippen molar-refractivity contribution in [3.63, 3.8) is 0 Å². The van der Waals surface area contributed by atoms with Gasteiger partial charge in [0.05, 0.1) is 12.7 Å². The van der Waals surface area contributed by atoms with Crippen LogP contribution < -0.4 is 10.1 Å². The first-order valence-corrected chi connectivity index (χ1v) is 8.75. The number of amides is 1. The van der Waals surface area contributed by atoms with Gasteiger partial charge < -0.3 is 15.2 Å². The Bertz CT molecular complexity index is 781. The Morgan fingerprint density at radius 1 is 1.21 bits per heavy atom. The molecule has 0 saturated carbocycles. The van der Waals surface area contributed by atoms with Crippen molar-refractivity contribution in [1.82, 2.24) is 0 Å². The van der Waals surface area contributed by atoms with Crippen molar-refractivity contribution < 1.29 is 19.4 Å². The molecular weight excluding hydrogens is 326 g/mol. The average Bonchev–Trinajstić information content (AvgIpc) is 2.76. The second-order valence-electron chi connectivity index (χ2n) is 5.76. The number of ether oxygens (including phenoxy) is 1. The molecule has 0 atom stereocenters. The normalized spacial score (nSPS) is 13.7. The number of anilines is 1. The molecule has 0 saturated heterocycles. The van der Waals surface area contributed by atoms with E-state index in [1.807, 2.05) is 0 Å². The van der Waals surface area contributed by atoms with Gasteiger partial charge in [0.15, 0.2) is 0 Å². The van der Waals surface area contributed by atoms with Crippen LogP contribution in [-0.2, 0) is 12.8 Å². The Balaban J connectivity index is 1.91. The van der Waals surface area contributed by atoms with E-state index in [1.165, 1.54) is 18.4 Å². The van der Waals surface area contributed by atoms with Gasteiger partial charge in [-0.2, -0.15) is 0 Å². The highest BCUT2D eigenvalue weighted by atomic mass is 32.1. The maximum atomic E-state index is 12.5. The molecule has 6 heteroatoms. The van der Waals surface area contributed by atoms with Crippen LogP contribution in [0.5, 0.6) is 5.75 Å². The molecule has 3 rings (SSSR count). The number of carbonyl (C=O) groups is 2. The van der Waals surface area contributed by atoms with Crippen LogP contribution in [0.15, 0.2) is 24.3 Å². The van der Waals surface area contributed by atoms with Crippen molar-refractivity contribution >= 4 is 28.2 Å². The van der Waals surface area contributed by atoms with Crippen LogP contribution >= 0.6 is 11.3 Å². The zero-order valence-corrected chi connectivity index (χ0v) is 14.2. The van der Waals surface area contributed by atoms with Crippen LogP contribution in [0.25, 0.3) is 0 Å². The predicted molar refractivity (Wildman–Crippen MR) is 93.5 cm³/mol. The third kappa shape index (κ3) is 3.28. The van der Waals surface area contributed by atoms with Crippen LogP contribution in [0.1, 0.15) is 50.4 Å². The van der Waals surface area contributed by atoms with Gasteiger partial charge in [-0.1, -0.05) is 12.5 Å². The zero-order valence-electron chi connectivity index (χ0n) is 13.4. The molecule has 1 heterocycles. The second kappa shape index (κ2) is 7.05. The van der Waals surface area contributed by atoms with Crippen molar-refractivity contribution in [2.45, 2.75) is 32.1 Å². The summed E-state index contributed by atoms with van der Waals surface area (Å²) in [5, 5.41) is 12.8. The maximum absolute atomic E-state index is 12.5. The van der Waals surface area contributed by atoms with Crippen LogP contribution in [0.3, 0.4) is 0 Å². The summed E-state index contributed by atoms with van der Waals surface area (Å²) in [4.78, 5) is 25.3. The van der Waals surface area contributed by atoms with Gasteiger partial charge in [-0.05, 0) is 49.4 Å². The van der Waals surface area contributed by atoms with Crippen molar-refractivity contribution in [2.75, 3.05) is 12.4 Å². The summed E-state index contributed by atoms with van der Waals surface area (Å²) in [7, 11) is 1.54. The number of fused-ring (bicyclic) bond motifs is 1. The number of methoxy groups -OCH3 is 1. The van der Waals surface area contributed by atoms with E-state index in [1.54, 1.807) is 24.3 Å². The summed E-state index contributed by atoms with van der Waals surface area (Å²) in [6.45, 7) is 0. The first-order chi connectivity index (χ1) is 11.6. The Morgan fingerprint density at radius 2 is 2.00 bits per heavy atom. The first kappa shape index (κ1) is 16.5. The quantitative estimate of drug-likeness (QED) is 0.822. The summed E-state index contributed by atoms with van der Waals surface area (Å²) in [5.41, 5.74) is 1.59. The summed E-state index contributed by atoms with van der Waals surface area (Å²) in [6.07, 6.45) is 4.83. The van der Waals surface area contributed by atoms with Gasteiger partial charge in [-0.15, -0.1) is 11.3 Å². The lowest BCUT2D eigenvalue weighted by Gasteiger charge is -2.07. The van der Waals surface area contributed by atoms with Crippen LogP contribution in [0.4, 0.5) is 5.00 Å². The lowest BCUT2D eigenvalue weighted by molar-refractivity contribution is 0.0697. The van der Waals surface area contributed by atoms with Gasteiger partial charge in [-0.25, -0.2) is 4.79 Å². The molecule has 0 bridgehead atoms. The number of thiophene rings is 1. The number of carbonyl (C=O) groups excluding carboxylic acids is 1. The zero-order chi connectivity index (χ0) is 17.1. The van der Waals surface area contributed by atoms with E-state index in [0.29, 0.717) is 16.3 Å². The fourth-order valence-electron chi connectivity index (χ4n) is 3.00. The predicted octanol–water partition coefficient (Wildman–Crippen LogP) is 3.98. The monoisotopic (exact) mass is 345 g/mol. The first-order valence-electron chi connectivity index (χ1n) is 7.93. The number of nitrogens with one attached hydrogen (secondary N) is 1. The maximum Gasteiger partial charge on any atom is 0.339 e. The molecule has 2 N–H and O–H groups in total. The number of carboxylic acid groups (broad SMARTS) is 1. The fraction of sp³-hybridized carbons (Fsp3) is 0.333. The molecule has 1 amide bonds. The van der Waals surface area contributed by atoms with Crippen LogP contribution in [-0.4, -0.2) is 24.1 Å². The number of aromatic carboxylic acids is 1. The van der Waals surface area contributed by atoms with E-state index in [0.717, 1.165) is 42.5 Å². The number of hydrogen-bond donors (Lipinski definition) is 2. The lowest BCUT2D eigenvalue weighted by Crippen LogP contribution is -2.14. The molecule has 1 aliphatic rings. The minimum absolute atomic E-state index is 0.258. The third-order valence-corrected chi connectivity index (χ3v) is 5.40.